The van der Waals surface area contributed by atoms with E-state index >= 15 is 0 Å². The lowest BCUT2D eigenvalue weighted by molar-refractivity contribution is 0.114. The van der Waals surface area contributed by atoms with Crippen molar-refractivity contribution in [1.29, 1.82) is 0 Å². The van der Waals surface area contributed by atoms with E-state index in [4.69, 9.17) is 4.74 Å². The van der Waals surface area contributed by atoms with Crippen LogP contribution in [0, 0.1) is 0 Å². The van der Waals surface area contributed by atoms with Gasteiger partial charge in [-0.15, -0.1) is 0 Å². The fourth-order valence-corrected chi connectivity index (χ4v) is 4.18. The molecule has 0 aromatic rings. The van der Waals surface area contributed by atoms with Crippen molar-refractivity contribution in [3.8, 4) is 0 Å². The molecule has 0 aliphatic carbocycles. The molecule has 1 heterocycles. The van der Waals surface area contributed by atoms with Crippen LogP contribution in [0.4, 0.5) is 0 Å². The standard InChI is InChI=1S/C25H52N2O/c1-2-3-4-5-6-7-8-9-10-11-12-13-14-15-16-17-24-28-25-18-21-27-22-19-26-20-23-27/h26H,2-25H2,1H3. The van der Waals surface area contributed by atoms with Gasteiger partial charge in [-0.2, -0.15) is 0 Å². The summed E-state index contributed by atoms with van der Waals surface area (Å²) in [6.07, 6.45) is 24.1. The largest absolute Gasteiger partial charge is 0.381 e. The van der Waals surface area contributed by atoms with Crippen molar-refractivity contribution in [1.82, 2.24) is 10.2 Å². The van der Waals surface area contributed by atoms with E-state index in [1.165, 1.54) is 129 Å². The van der Waals surface area contributed by atoms with Gasteiger partial charge >= 0.3 is 0 Å². The van der Waals surface area contributed by atoms with Gasteiger partial charge in [-0.25, -0.2) is 0 Å². The molecule has 0 amide bonds. The monoisotopic (exact) mass is 396 g/mol. The predicted molar refractivity (Wildman–Crippen MR) is 124 cm³/mol. The van der Waals surface area contributed by atoms with Gasteiger partial charge in [0.1, 0.15) is 0 Å². The Bertz CT molecular complexity index is 292. The van der Waals surface area contributed by atoms with Crippen molar-refractivity contribution in [2.45, 2.75) is 116 Å². The van der Waals surface area contributed by atoms with Crippen molar-refractivity contribution in [2.75, 3.05) is 45.9 Å². The molecule has 0 aromatic heterocycles. The molecule has 0 atom stereocenters. The summed E-state index contributed by atoms with van der Waals surface area (Å²) < 4.78 is 5.80. The summed E-state index contributed by atoms with van der Waals surface area (Å²) in [6.45, 7) is 10.1. The molecule has 1 N–H and O–H groups in total. The van der Waals surface area contributed by atoms with Gasteiger partial charge in [0, 0.05) is 45.9 Å². The summed E-state index contributed by atoms with van der Waals surface area (Å²) in [7, 11) is 0. The Morgan fingerprint density at radius 3 is 1.50 bits per heavy atom. The number of piperazine rings is 1. The zero-order valence-corrected chi connectivity index (χ0v) is 19.3. The van der Waals surface area contributed by atoms with Crippen molar-refractivity contribution in [2.24, 2.45) is 0 Å². The van der Waals surface area contributed by atoms with Crippen LogP contribution in [0.2, 0.25) is 0 Å². The Labute approximate surface area is 177 Å². The van der Waals surface area contributed by atoms with E-state index in [1.807, 2.05) is 0 Å². The van der Waals surface area contributed by atoms with E-state index in [0.29, 0.717) is 0 Å². The summed E-state index contributed by atoms with van der Waals surface area (Å²) in [4.78, 5) is 2.55. The third-order valence-corrected chi connectivity index (χ3v) is 6.11. The Morgan fingerprint density at radius 2 is 1.00 bits per heavy atom. The van der Waals surface area contributed by atoms with Crippen LogP contribution < -0.4 is 5.32 Å². The van der Waals surface area contributed by atoms with Gasteiger partial charge in [0.25, 0.3) is 0 Å². The van der Waals surface area contributed by atoms with E-state index in [1.54, 1.807) is 0 Å². The molecule has 1 fully saturated rings. The van der Waals surface area contributed by atoms with Crippen LogP contribution in [-0.4, -0.2) is 50.8 Å². The fraction of sp³-hybridized carbons (Fsp3) is 1.00. The Hall–Kier alpha value is -0.120. The molecule has 3 heteroatoms. The van der Waals surface area contributed by atoms with Gasteiger partial charge in [-0.05, 0) is 12.8 Å². The maximum atomic E-state index is 5.80. The molecular weight excluding hydrogens is 344 g/mol. The highest BCUT2D eigenvalue weighted by Crippen LogP contribution is 2.13. The molecular formula is C25H52N2O. The maximum absolute atomic E-state index is 5.80. The fourth-order valence-electron chi connectivity index (χ4n) is 4.18. The summed E-state index contributed by atoms with van der Waals surface area (Å²) in [5, 5.41) is 3.41. The van der Waals surface area contributed by atoms with E-state index in [9.17, 15) is 0 Å². The van der Waals surface area contributed by atoms with Crippen LogP contribution in [0.15, 0.2) is 0 Å². The zero-order chi connectivity index (χ0) is 20.0. The number of unbranched alkanes of at least 4 members (excludes halogenated alkanes) is 15. The molecule has 0 unspecified atom stereocenters. The SMILES string of the molecule is CCCCCCCCCCCCCCCCCCOCCCN1CCNCC1. The molecule has 0 saturated carbocycles. The highest BCUT2D eigenvalue weighted by atomic mass is 16.5. The Balaban J connectivity index is 1.64. The van der Waals surface area contributed by atoms with Crippen LogP contribution in [-0.2, 0) is 4.74 Å². The van der Waals surface area contributed by atoms with Gasteiger partial charge in [-0.3, -0.25) is 0 Å². The summed E-state index contributed by atoms with van der Waals surface area (Å²) in [5.74, 6) is 0. The average Bonchev–Trinajstić information content (AvgIpc) is 2.73. The molecule has 0 aromatic carbocycles. The lowest BCUT2D eigenvalue weighted by Gasteiger charge is -2.26. The van der Waals surface area contributed by atoms with E-state index < -0.39 is 0 Å². The number of hydrogen-bond donors (Lipinski definition) is 1. The van der Waals surface area contributed by atoms with E-state index in [2.05, 4.69) is 17.1 Å². The topological polar surface area (TPSA) is 24.5 Å². The first-order valence-corrected chi connectivity index (χ1v) is 12.9. The number of rotatable bonds is 21. The van der Waals surface area contributed by atoms with Gasteiger partial charge in [-0.1, -0.05) is 103 Å². The summed E-state index contributed by atoms with van der Waals surface area (Å²) in [5.41, 5.74) is 0. The third kappa shape index (κ3) is 17.9. The lowest BCUT2D eigenvalue weighted by Crippen LogP contribution is -2.43. The molecule has 3 nitrogen and oxygen atoms in total. The van der Waals surface area contributed by atoms with E-state index in [-0.39, 0.29) is 0 Å². The summed E-state index contributed by atoms with van der Waals surface area (Å²) in [6, 6.07) is 0. The predicted octanol–water partition coefficient (Wildman–Crippen LogP) is 6.56. The highest BCUT2D eigenvalue weighted by molar-refractivity contribution is 4.66. The van der Waals surface area contributed by atoms with Crippen LogP contribution in [0.5, 0.6) is 0 Å². The van der Waals surface area contributed by atoms with Crippen molar-refractivity contribution in [3.05, 3.63) is 0 Å². The number of ether oxygens (including phenoxy) is 1. The first kappa shape index (κ1) is 25.9. The normalized spacial score (nSPS) is 15.3. The molecule has 28 heavy (non-hydrogen) atoms. The molecule has 0 bridgehead atoms. The van der Waals surface area contributed by atoms with E-state index in [0.717, 1.165) is 26.3 Å². The molecule has 1 saturated heterocycles. The molecule has 1 aliphatic heterocycles. The Kier molecular flexibility index (Phi) is 20.0. The second-order valence-electron chi connectivity index (χ2n) is 8.86. The first-order valence-electron chi connectivity index (χ1n) is 12.9. The number of nitrogens with one attached hydrogen (secondary N) is 1. The van der Waals surface area contributed by atoms with Crippen LogP contribution in [0.25, 0.3) is 0 Å². The quantitative estimate of drug-likeness (QED) is 0.222. The second kappa shape index (κ2) is 21.6. The van der Waals surface area contributed by atoms with Gasteiger partial charge in [0.15, 0.2) is 0 Å². The minimum absolute atomic E-state index is 0.947. The number of hydrogen-bond acceptors (Lipinski definition) is 3. The van der Waals surface area contributed by atoms with Crippen LogP contribution in [0.1, 0.15) is 116 Å². The Morgan fingerprint density at radius 1 is 0.571 bits per heavy atom. The molecule has 0 spiro atoms. The van der Waals surface area contributed by atoms with Crippen LogP contribution >= 0.6 is 0 Å². The maximum Gasteiger partial charge on any atom is 0.0478 e. The van der Waals surface area contributed by atoms with Crippen LogP contribution in [0.3, 0.4) is 0 Å². The first-order chi connectivity index (χ1) is 13.9. The lowest BCUT2D eigenvalue weighted by atomic mass is 10.0. The highest BCUT2D eigenvalue weighted by Gasteiger charge is 2.07. The molecule has 168 valence electrons. The van der Waals surface area contributed by atoms with Gasteiger partial charge in [0.2, 0.25) is 0 Å². The number of nitrogens with zero attached hydrogens (tertiary/aromatic N) is 1. The van der Waals surface area contributed by atoms with Crippen molar-refractivity contribution >= 4 is 0 Å². The van der Waals surface area contributed by atoms with Crippen molar-refractivity contribution < 1.29 is 4.74 Å². The molecule has 0 radical (unpaired) electrons. The molecule has 1 rings (SSSR count). The minimum Gasteiger partial charge on any atom is -0.381 e. The zero-order valence-electron chi connectivity index (χ0n) is 19.3. The third-order valence-electron chi connectivity index (χ3n) is 6.11. The van der Waals surface area contributed by atoms with Gasteiger partial charge < -0.3 is 15.0 Å². The van der Waals surface area contributed by atoms with Crippen molar-refractivity contribution in [3.63, 3.8) is 0 Å². The average molecular weight is 397 g/mol. The second-order valence-corrected chi connectivity index (χ2v) is 8.86. The van der Waals surface area contributed by atoms with Gasteiger partial charge in [0.05, 0.1) is 0 Å². The molecule has 1 aliphatic rings. The smallest absolute Gasteiger partial charge is 0.0478 e. The minimum atomic E-state index is 0.947. The summed E-state index contributed by atoms with van der Waals surface area (Å²) >= 11 is 0.